The molecule has 0 spiro atoms. The van der Waals surface area contributed by atoms with Crippen molar-refractivity contribution in [2.75, 3.05) is 6.54 Å². The van der Waals surface area contributed by atoms with Gasteiger partial charge in [0.05, 0.1) is 17.0 Å². The lowest BCUT2D eigenvalue weighted by molar-refractivity contribution is 0.0951. The highest BCUT2D eigenvalue weighted by Crippen LogP contribution is 2.23. The minimum atomic E-state index is -0.0826. The van der Waals surface area contributed by atoms with Crippen LogP contribution in [0.3, 0.4) is 0 Å². The third-order valence-electron chi connectivity index (χ3n) is 3.48. The highest BCUT2D eigenvalue weighted by molar-refractivity contribution is 9.10. The summed E-state index contributed by atoms with van der Waals surface area (Å²) in [4.78, 5) is 13.3. The third kappa shape index (κ3) is 3.71. The Morgan fingerprint density at radius 3 is 2.87 bits per heavy atom. The summed E-state index contributed by atoms with van der Waals surface area (Å²) in [6.45, 7) is 3.21. The van der Waals surface area contributed by atoms with Gasteiger partial charge < -0.3 is 5.32 Å². The highest BCUT2D eigenvalue weighted by Gasteiger charge is 2.10. The molecule has 3 rings (SSSR count). The van der Waals surface area contributed by atoms with Gasteiger partial charge in [-0.15, -0.1) is 11.3 Å². The van der Waals surface area contributed by atoms with E-state index in [4.69, 9.17) is 0 Å². The number of aromatic nitrogens is 2. The zero-order valence-corrected chi connectivity index (χ0v) is 15.0. The molecule has 4 nitrogen and oxygen atoms in total. The third-order valence-corrected chi connectivity index (χ3v) is 5.07. The van der Waals surface area contributed by atoms with Crippen LogP contribution in [-0.4, -0.2) is 22.2 Å². The van der Waals surface area contributed by atoms with Gasteiger partial charge in [-0.3, -0.25) is 9.48 Å². The molecule has 1 N–H and O–H groups in total. The van der Waals surface area contributed by atoms with Crippen LogP contribution in [-0.2, 0) is 6.54 Å². The molecular weight excluding hydrogens is 374 g/mol. The van der Waals surface area contributed by atoms with Crippen LogP contribution in [0, 0.1) is 6.92 Å². The lowest BCUT2D eigenvalue weighted by Crippen LogP contribution is -2.28. The fourth-order valence-electron chi connectivity index (χ4n) is 2.30. The molecule has 2 heterocycles. The van der Waals surface area contributed by atoms with Crippen molar-refractivity contribution in [3.05, 3.63) is 63.6 Å². The van der Waals surface area contributed by atoms with Gasteiger partial charge in [0.15, 0.2) is 0 Å². The fourth-order valence-corrected chi connectivity index (χ4v) is 3.44. The molecule has 3 aromatic rings. The van der Waals surface area contributed by atoms with Crippen molar-refractivity contribution in [2.45, 2.75) is 13.5 Å². The van der Waals surface area contributed by atoms with Gasteiger partial charge in [0.1, 0.15) is 5.69 Å². The summed E-state index contributed by atoms with van der Waals surface area (Å²) in [6, 6.07) is 13.6. The average Bonchev–Trinajstić information content (AvgIpc) is 3.18. The topological polar surface area (TPSA) is 46.9 Å². The molecule has 1 aromatic carbocycles. The zero-order chi connectivity index (χ0) is 16.2. The van der Waals surface area contributed by atoms with Crippen molar-refractivity contribution in [2.24, 2.45) is 0 Å². The number of benzene rings is 1. The number of aryl methyl sites for hydroxylation is 1. The Bertz CT molecular complexity index is 811. The molecule has 0 atom stereocenters. The Kier molecular flexibility index (Phi) is 4.93. The standard InChI is InChI=1S/C17H16BrN3OS/c1-12-11-15(16-7-4-10-23-16)20-21(12)9-8-19-17(22)13-5-2-3-6-14(13)18/h2-7,10-11H,8-9H2,1H3,(H,19,22). The van der Waals surface area contributed by atoms with Gasteiger partial charge in [-0.2, -0.15) is 5.10 Å². The maximum absolute atomic E-state index is 12.2. The van der Waals surface area contributed by atoms with E-state index < -0.39 is 0 Å². The van der Waals surface area contributed by atoms with Crippen molar-refractivity contribution >= 4 is 33.2 Å². The van der Waals surface area contributed by atoms with Gasteiger partial charge in [0.25, 0.3) is 5.91 Å². The molecule has 0 unspecified atom stereocenters. The number of halogens is 1. The van der Waals surface area contributed by atoms with Gasteiger partial charge in [-0.05, 0) is 52.5 Å². The second kappa shape index (κ2) is 7.10. The molecule has 0 aliphatic carbocycles. The number of carbonyl (C=O) groups excluding carboxylic acids is 1. The van der Waals surface area contributed by atoms with E-state index in [1.807, 2.05) is 41.3 Å². The smallest absolute Gasteiger partial charge is 0.252 e. The number of nitrogens with zero attached hydrogens (tertiary/aromatic N) is 2. The van der Waals surface area contributed by atoms with E-state index in [-0.39, 0.29) is 5.91 Å². The van der Waals surface area contributed by atoms with Crippen LogP contribution in [0.1, 0.15) is 16.1 Å². The number of rotatable bonds is 5. The van der Waals surface area contributed by atoms with E-state index in [1.165, 1.54) is 0 Å². The minimum absolute atomic E-state index is 0.0826. The quantitative estimate of drug-likeness (QED) is 0.713. The van der Waals surface area contributed by atoms with E-state index >= 15 is 0 Å². The van der Waals surface area contributed by atoms with E-state index in [0.717, 1.165) is 20.7 Å². The number of hydrogen-bond acceptors (Lipinski definition) is 3. The first-order chi connectivity index (χ1) is 11.1. The lowest BCUT2D eigenvalue weighted by atomic mass is 10.2. The van der Waals surface area contributed by atoms with Gasteiger partial charge in [0.2, 0.25) is 0 Å². The van der Waals surface area contributed by atoms with Gasteiger partial charge in [0, 0.05) is 16.7 Å². The molecule has 1 amide bonds. The molecule has 6 heteroatoms. The molecule has 23 heavy (non-hydrogen) atoms. The Morgan fingerprint density at radius 1 is 1.30 bits per heavy atom. The molecular formula is C17H16BrN3OS. The van der Waals surface area contributed by atoms with E-state index in [2.05, 4.69) is 38.5 Å². The number of nitrogens with one attached hydrogen (secondary N) is 1. The summed E-state index contributed by atoms with van der Waals surface area (Å²) in [5, 5.41) is 9.58. The van der Waals surface area contributed by atoms with Gasteiger partial charge in [-0.1, -0.05) is 18.2 Å². The molecule has 0 bridgehead atoms. The molecule has 0 fully saturated rings. The molecule has 0 saturated carbocycles. The second-order valence-electron chi connectivity index (χ2n) is 5.11. The summed E-state index contributed by atoms with van der Waals surface area (Å²) >= 11 is 5.07. The highest BCUT2D eigenvalue weighted by atomic mass is 79.9. The summed E-state index contributed by atoms with van der Waals surface area (Å²) in [5.74, 6) is -0.0826. The SMILES string of the molecule is Cc1cc(-c2cccs2)nn1CCNC(=O)c1ccccc1Br. The van der Waals surface area contributed by atoms with Crippen LogP contribution in [0.4, 0.5) is 0 Å². The first kappa shape index (κ1) is 16.0. The van der Waals surface area contributed by atoms with Gasteiger partial charge in [-0.25, -0.2) is 0 Å². The fraction of sp³-hybridized carbons (Fsp3) is 0.176. The number of amides is 1. The lowest BCUT2D eigenvalue weighted by Gasteiger charge is -2.08. The average molecular weight is 390 g/mol. The summed E-state index contributed by atoms with van der Waals surface area (Å²) in [5.41, 5.74) is 2.71. The molecule has 2 aromatic heterocycles. The number of carbonyl (C=O) groups is 1. The van der Waals surface area contributed by atoms with Crippen LogP contribution in [0.2, 0.25) is 0 Å². The summed E-state index contributed by atoms with van der Waals surface area (Å²) < 4.78 is 2.72. The first-order valence-electron chi connectivity index (χ1n) is 7.26. The van der Waals surface area contributed by atoms with Crippen molar-refractivity contribution in [1.82, 2.24) is 15.1 Å². The van der Waals surface area contributed by atoms with E-state index in [0.29, 0.717) is 18.7 Å². The zero-order valence-electron chi connectivity index (χ0n) is 12.6. The van der Waals surface area contributed by atoms with E-state index in [9.17, 15) is 4.79 Å². The Balaban J connectivity index is 1.61. The van der Waals surface area contributed by atoms with Crippen LogP contribution in [0.5, 0.6) is 0 Å². The van der Waals surface area contributed by atoms with Crippen LogP contribution in [0.15, 0.2) is 52.3 Å². The Labute approximate surface area is 147 Å². The Hall–Kier alpha value is -1.92. The van der Waals surface area contributed by atoms with Crippen molar-refractivity contribution in [3.63, 3.8) is 0 Å². The van der Waals surface area contributed by atoms with Crippen molar-refractivity contribution in [1.29, 1.82) is 0 Å². The predicted molar refractivity (Wildman–Crippen MR) is 96.8 cm³/mol. The Morgan fingerprint density at radius 2 is 2.13 bits per heavy atom. The number of hydrogen-bond donors (Lipinski definition) is 1. The molecule has 0 radical (unpaired) electrons. The first-order valence-corrected chi connectivity index (χ1v) is 8.93. The van der Waals surface area contributed by atoms with Crippen molar-refractivity contribution in [3.8, 4) is 10.6 Å². The predicted octanol–water partition coefficient (Wildman–Crippen LogP) is 4.11. The molecule has 0 aliphatic rings. The van der Waals surface area contributed by atoms with Crippen LogP contribution >= 0.6 is 27.3 Å². The maximum atomic E-state index is 12.2. The minimum Gasteiger partial charge on any atom is -0.350 e. The largest absolute Gasteiger partial charge is 0.350 e. The molecule has 0 aliphatic heterocycles. The van der Waals surface area contributed by atoms with Crippen LogP contribution < -0.4 is 5.32 Å². The molecule has 118 valence electrons. The van der Waals surface area contributed by atoms with Crippen molar-refractivity contribution < 1.29 is 4.79 Å². The second-order valence-corrected chi connectivity index (χ2v) is 6.91. The van der Waals surface area contributed by atoms with E-state index in [1.54, 1.807) is 17.4 Å². The number of thiophene rings is 1. The normalized spacial score (nSPS) is 10.7. The maximum Gasteiger partial charge on any atom is 0.252 e. The van der Waals surface area contributed by atoms with Gasteiger partial charge >= 0.3 is 0 Å². The van der Waals surface area contributed by atoms with Crippen LogP contribution in [0.25, 0.3) is 10.6 Å². The molecule has 0 saturated heterocycles. The monoisotopic (exact) mass is 389 g/mol. The summed E-state index contributed by atoms with van der Waals surface area (Å²) in [7, 11) is 0. The summed E-state index contributed by atoms with van der Waals surface area (Å²) in [6.07, 6.45) is 0.